The first-order valence-electron chi connectivity index (χ1n) is 7.51. The summed E-state index contributed by atoms with van der Waals surface area (Å²) in [5, 5.41) is 14.3. The lowest BCUT2D eigenvalue weighted by Gasteiger charge is -2.25. The van der Waals surface area contributed by atoms with E-state index in [0.29, 0.717) is 10.9 Å². The van der Waals surface area contributed by atoms with Gasteiger partial charge in [-0.2, -0.15) is 0 Å². The van der Waals surface area contributed by atoms with Crippen LogP contribution in [0.3, 0.4) is 0 Å². The quantitative estimate of drug-likeness (QED) is 0.492. The third kappa shape index (κ3) is 7.68. The molecule has 0 aromatic carbocycles. The van der Waals surface area contributed by atoms with Gasteiger partial charge in [0, 0.05) is 25.7 Å². The van der Waals surface area contributed by atoms with Crippen molar-refractivity contribution in [3.05, 3.63) is 21.3 Å². The average molecular weight is 317 g/mol. The molecule has 1 saturated heterocycles. The lowest BCUT2D eigenvalue weighted by atomic mass is 10.1. The highest BCUT2D eigenvalue weighted by molar-refractivity contribution is 8.02. The maximum Gasteiger partial charge on any atom is 0.263 e. The number of ether oxygens (including phenoxy) is 1. The maximum absolute atomic E-state index is 10.5. The van der Waals surface area contributed by atoms with Gasteiger partial charge in [0.2, 0.25) is 0 Å². The molecule has 21 heavy (non-hydrogen) atoms. The Bertz CT molecular complexity index is 346. The second kappa shape index (κ2) is 10.0. The van der Waals surface area contributed by atoms with Gasteiger partial charge in [0.05, 0.1) is 11.5 Å². The average Bonchev–Trinajstić information content (AvgIpc) is 2.95. The lowest BCUT2D eigenvalue weighted by Crippen LogP contribution is -2.35. The lowest BCUT2D eigenvalue weighted by molar-refractivity contribution is -0.403. The van der Waals surface area contributed by atoms with E-state index in [1.807, 2.05) is 6.26 Å². The predicted octanol–water partition coefficient (Wildman–Crippen LogP) is 2.15. The van der Waals surface area contributed by atoms with E-state index in [9.17, 15) is 10.1 Å². The fourth-order valence-electron chi connectivity index (χ4n) is 2.41. The molecule has 1 fully saturated rings. The minimum absolute atomic E-state index is 0.220. The number of thioether (sulfide) groups is 1. The molecule has 1 aliphatic heterocycles. The van der Waals surface area contributed by atoms with Crippen molar-refractivity contribution in [2.24, 2.45) is 5.92 Å². The monoisotopic (exact) mass is 317 g/mol. The molecule has 1 heterocycles. The van der Waals surface area contributed by atoms with Gasteiger partial charge in [0.1, 0.15) is 5.03 Å². The largest absolute Gasteiger partial charge is 0.381 e. The second-order valence-electron chi connectivity index (χ2n) is 5.44. The summed E-state index contributed by atoms with van der Waals surface area (Å²) < 4.78 is 5.42. The first kappa shape index (κ1) is 18.3. The van der Waals surface area contributed by atoms with Crippen LogP contribution in [0.25, 0.3) is 0 Å². The highest BCUT2D eigenvalue weighted by Gasteiger charge is 2.18. The molecule has 0 aromatic rings. The zero-order chi connectivity index (χ0) is 15.7. The van der Waals surface area contributed by atoms with Crippen molar-refractivity contribution in [2.75, 3.05) is 39.1 Å². The van der Waals surface area contributed by atoms with E-state index in [-0.39, 0.29) is 6.04 Å². The van der Waals surface area contributed by atoms with Crippen LogP contribution in [0.5, 0.6) is 0 Å². The molecular formula is C14H27N3O3S. The van der Waals surface area contributed by atoms with Crippen LogP contribution in [-0.2, 0) is 4.74 Å². The van der Waals surface area contributed by atoms with Crippen molar-refractivity contribution in [3.63, 3.8) is 0 Å². The summed E-state index contributed by atoms with van der Waals surface area (Å²) in [6.07, 6.45) is 5.01. The number of hydrogen-bond donors (Lipinski definition) is 1. The molecule has 1 rings (SSSR count). The summed E-state index contributed by atoms with van der Waals surface area (Å²) in [5.74, 6) is 0.657. The van der Waals surface area contributed by atoms with Crippen molar-refractivity contribution >= 4 is 11.8 Å². The van der Waals surface area contributed by atoms with Crippen molar-refractivity contribution in [1.82, 2.24) is 10.2 Å². The van der Waals surface area contributed by atoms with Crippen molar-refractivity contribution in [2.45, 2.75) is 32.7 Å². The van der Waals surface area contributed by atoms with Gasteiger partial charge in [-0.1, -0.05) is 6.92 Å². The van der Waals surface area contributed by atoms with Gasteiger partial charge in [-0.25, -0.2) is 0 Å². The van der Waals surface area contributed by atoms with E-state index in [2.05, 4.69) is 24.1 Å². The summed E-state index contributed by atoms with van der Waals surface area (Å²) in [6, 6.07) is 0.220. The van der Waals surface area contributed by atoms with Gasteiger partial charge in [-0.05, 0) is 38.5 Å². The second-order valence-corrected chi connectivity index (χ2v) is 6.29. The fraction of sp³-hybridized carbons (Fsp3) is 0.857. The SMILES string of the molecule is CCN(CCC(C)NC(=C[N+](=O)[O-])SC)CC1CCOC1. The standard InChI is InChI=1S/C14H27N3O3S/c1-4-16(9-13-6-8-20-11-13)7-5-12(2)15-14(21-3)10-17(18)19/h10,12-13,15H,4-9,11H2,1-3H3. The molecule has 1 N–H and O–H groups in total. The van der Waals surface area contributed by atoms with Crippen LogP contribution in [0, 0.1) is 16.0 Å². The molecule has 0 bridgehead atoms. The Morgan fingerprint density at radius 3 is 2.95 bits per heavy atom. The Labute approximate surface area is 131 Å². The van der Waals surface area contributed by atoms with E-state index < -0.39 is 4.92 Å². The molecule has 122 valence electrons. The van der Waals surface area contributed by atoms with Crippen molar-refractivity contribution in [1.29, 1.82) is 0 Å². The molecule has 1 aliphatic rings. The fourth-order valence-corrected chi connectivity index (χ4v) is 2.92. The molecule has 0 saturated carbocycles. The minimum atomic E-state index is -0.413. The minimum Gasteiger partial charge on any atom is -0.381 e. The predicted molar refractivity (Wildman–Crippen MR) is 86.8 cm³/mol. The molecule has 2 atom stereocenters. The van der Waals surface area contributed by atoms with Crippen LogP contribution in [0.15, 0.2) is 11.2 Å². The molecule has 0 radical (unpaired) electrons. The number of rotatable bonds is 10. The maximum atomic E-state index is 10.5. The van der Waals surface area contributed by atoms with Crippen LogP contribution >= 0.6 is 11.8 Å². The van der Waals surface area contributed by atoms with Crippen molar-refractivity contribution in [3.8, 4) is 0 Å². The van der Waals surface area contributed by atoms with Crippen LogP contribution in [-0.4, -0.2) is 55.0 Å². The molecule has 0 amide bonds. The van der Waals surface area contributed by atoms with Gasteiger partial charge in [0.25, 0.3) is 6.20 Å². The van der Waals surface area contributed by atoms with Gasteiger partial charge in [0.15, 0.2) is 0 Å². The highest BCUT2D eigenvalue weighted by atomic mass is 32.2. The third-order valence-electron chi connectivity index (χ3n) is 3.70. The smallest absolute Gasteiger partial charge is 0.263 e. The summed E-state index contributed by atoms with van der Waals surface area (Å²) in [7, 11) is 0. The summed E-state index contributed by atoms with van der Waals surface area (Å²) >= 11 is 1.37. The van der Waals surface area contributed by atoms with E-state index in [1.54, 1.807) is 0 Å². The van der Waals surface area contributed by atoms with Gasteiger partial charge >= 0.3 is 0 Å². The zero-order valence-corrected chi connectivity index (χ0v) is 14.0. The number of nitro groups is 1. The number of nitrogens with zero attached hydrogens (tertiary/aromatic N) is 2. The van der Waals surface area contributed by atoms with Crippen LogP contribution in [0.4, 0.5) is 0 Å². The zero-order valence-electron chi connectivity index (χ0n) is 13.2. The summed E-state index contributed by atoms with van der Waals surface area (Å²) in [6.45, 7) is 9.13. The molecule has 2 unspecified atom stereocenters. The van der Waals surface area contributed by atoms with Gasteiger partial charge in [-0.3, -0.25) is 10.1 Å². The third-order valence-corrected chi connectivity index (χ3v) is 4.36. The topological polar surface area (TPSA) is 67.6 Å². The van der Waals surface area contributed by atoms with Gasteiger partial charge < -0.3 is 15.0 Å². The highest BCUT2D eigenvalue weighted by Crippen LogP contribution is 2.15. The van der Waals surface area contributed by atoms with Gasteiger partial charge in [-0.15, -0.1) is 11.8 Å². The van der Waals surface area contributed by atoms with E-state index in [1.165, 1.54) is 11.8 Å². The molecule has 6 nitrogen and oxygen atoms in total. The van der Waals surface area contributed by atoms with E-state index >= 15 is 0 Å². The van der Waals surface area contributed by atoms with Crippen LogP contribution < -0.4 is 5.32 Å². The molecule has 0 aromatic heterocycles. The van der Waals surface area contributed by atoms with Crippen molar-refractivity contribution < 1.29 is 9.66 Å². The molecule has 7 heteroatoms. The van der Waals surface area contributed by atoms with Crippen LogP contribution in [0.1, 0.15) is 26.7 Å². The molecular weight excluding hydrogens is 290 g/mol. The van der Waals surface area contributed by atoms with E-state index in [0.717, 1.165) is 51.9 Å². The normalized spacial score (nSPS) is 20.8. The Kier molecular flexibility index (Phi) is 8.72. The molecule has 0 spiro atoms. The first-order chi connectivity index (χ1) is 10.0. The van der Waals surface area contributed by atoms with Crippen LogP contribution in [0.2, 0.25) is 0 Å². The summed E-state index contributed by atoms with van der Waals surface area (Å²) in [4.78, 5) is 12.5. The summed E-state index contributed by atoms with van der Waals surface area (Å²) in [5.41, 5.74) is 0. The van der Waals surface area contributed by atoms with E-state index in [4.69, 9.17) is 4.74 Å². The molecule has 0 aliphatic carbocycles. The Morgan fingerprint density at radius 2 is 2.43 bits per heavy atom. The Morgan fingerprint density at radius 1 is 1.67 bits per heavy atom. The Hall–Kier alpha value is -0.790. The number of nitrogens with one attached hydrogen (secondary N) is 1. The Balaban J connectivity index is 2.31. The number of hydrogen-bond acceptors (Lipinski definition) is 6. The first-order valence-corrected chi connectivity index (χ1v) is 8.73.